The molecule has 0 spiro atoms. The molecule has 1 aliphatic heterocycles. The van der Waals surface area contributed by atoms with Crippen molar-refractivity contribution in [3.05, 3.63) is 23.4 Å². The van der Waals surface area contributed by atoms with E-state index in [4.69, 9.17) is 9.47 Å². The van der Waals surface area contributed by atoms with Gasteiger partial charge >= 0.3 is 5.97 Å². The minimum absolute atomic E-state index is 0.100. The maximum absolute atomic E-state index is 11.4. The monoisotopic (exact) mass is 374 g/mol. The van der Waals surface area contributed by atoms with Crippen molar-refractivity contribution in [1.82, 2.24) is 4.98 Å². The molecule has 0 aromatic carbocycles. The lowest BCUT2D eigenvalue weighted by Gasteiger charge is -2.36. The van der Waals surface area contributed by atoms with Gasteiger partial charge in [0.15, 0.2) is 6.29 Å². The van der Waals surface area contributed by atoms with Crippen molar-refractivity contribution in [3.8, 4) is 0 Å². The number of piperidine rings is 1. The van der Waals surface area contributed by atoms with Gasteiger partial charge in [-0.2, -0.15) is 0 Å². The number of carbonyl (C=O) groups is 2. The Hall–Kier alpha value is -1.95. The first-order valence-electron chi connectivity index (χ1n) is 9.98. The van der Waals surface area contributed by atoms with Gasteiger partial charge in [0.25, 0.3) is 0 Å². The van der Waals surface area contributed by atoms with Crippen molar-refractivity contribution in [2.45, 2.75) is 64.1 Å². The van der Waals surface area contributed by atoms with Gasteiger partial charge in [-0.15, -0.1) is 0 Å². The molecule has 0 bridgehead atoms. The third kappa shape index (κ3) is 5.28. The molecule has 1 saturated carbocycles. The second kappa shape index (κ2) is 9.31. The summed E-state index contributed by atoms with van der Waals surface area (Å²) in [5.74, 6) is 1.29. The molecule has 0 N–H and O–H groups in total. The van der Waals surface area contributed by atoms with Crippen molar-refractivity contribution in [3.63, 3.8) is 0 Å². The first-order valence-corrected chi connectivity index (χ1v) is 9.98. The van der Waals surface area contributed by atoms with E-state index in [1.54, 1.807) is 6.20 Å². The zero-order chi connectivity index (χ0) is 19.2. The number of ether oxygens (including phenoxy) is 2. The second-order valence-corrected chi connectivity index (χ2v) is 7.76. The lowest BCUT2D eigenvalue weighted by atomic mass is 9.85. The summed E-state index contributed by atoms with van der Waals surface area (Å²) in [6.07, 6.45) is 9.84. The van der Waals surface area contributed by atoms with Crippen LogP contribution in [0.1, 0.15) is 60.9 Å². The summed E-state index contributed by atoms with van der Waals surface area (Å²) in [6, 6.07) is 1.99. The quantitative estimate of drug-likeness (QED) is 0.562. The van der Waals surface area contributed by atoms with E-state index in [2.05, 4.69) is 9.88 Å². The van der Waals surface area contributed by atoms with Crippen LogP contribution in [0.4, 0.5) is 5.82 Å². The number of pyridine rings is 1. The Morgan fingerprint density at radius 1 is 1.19 bits per heavy atom. The van der Waals surface area contributed by atoms with E-state index in [1.165, 1.54) is 7.11 Å². The summed E-state index contributed by atoms with van der Waals surface area (Å²) in [5, 5.41) is 0. The largest absolute Gasteiger partial charge is 0.469 e. The third-order valence-corrected chi connectivity index (χ3v) is 5.89. The summed E-state index contributed by atoms with van der Waals surface area (Å²) in [7, 11) is 1.46. The number of hydrogen-bond donors (Lipinski definition) is 0. The van der Waals surface area contributed by atoms with Crippen LogP contribution in [0.2, 0.25) is 0 Å². The van der Waals surface area contributed by atoms with E-state index < -0.39 is 0 Å². The molecule has 1 aromatic rings. The molecule has 6 heteroatoms. The van der Waals surface area contributed by atoms with Gasteiger partial charge in [-0.05, 0) is 63.0 Å². The molecule has 2 aliphatic rings. The molecule has 0 atom stereocenters. The van der Waals surface area contributed by atoms with Crippen molar-refractivity contribution < 1.29 is 19.1 Å². The molecule has 2 heterocycles. The zero-order valence-electron chi connectivity index (χ0n) is 16.4. The molecule has 1 aliphatic carbocycles. The molecule has 27 heavy (non-hydrogen) atoms. The highest BCUT2D eigenvalue weighted by atomic mass is 16.5. The Bertz CT molecular complexity index is 648. The van der Waals surface area contributed by atoms with Crippen LogP contribution in [-0.4, -0.2) is 49.6 Å². The van der Waals surface area contributed by atoms with Crippen molar-refractivity contribution in [2.24, 2.45) is 5.92 Å². The molecule has 3 rings (SSSR count). The average molecular weight is 374 g/mol. The summed E-state index contributed by atoms with van der Waals surface area (Å²) in [6.45, 7) is 3.80. The number of esters is 1. The first kappa shape index (κ1) is 19.8. The number of hydrogen-bond acceptors (Lipinski definition) is 6. The Kier molecular flexibility index (Phi) is 6.83. The lowest BCUT2D eigenvalue weighted by Crippen LogP contribution is -2.39. The Balaban J connectivity index is 1.42. The fourth-order valence-electron chi connectivity index (χ4n) is 4.13. The number of anilines is 1. The highest BCUT2D eigenvalue weighted by Gasteiger charge is 2.28. The number of methoxy groups -OCH3 is 1. The summed E-state index contributed by atoms with van der Waals surface area (Å²) in [5.41, 5.74) is 1.62. The van der Waals surface area contributed by atoms with Gasteiger partial charge in [-0.3, -0.25) is 9.59 Å². The predicted molar refractivity (Wildman–Crippen MR) is 103 cm³/mol. The summed E-state index contributed by atoms with van der Waals surface area (Å²) in [4.78, 5) is 29.0. The molecule has 0 radical (unpaired) electrons. The molecule has 148 valence electrons. The molecular formula is C21H30N2O4. The number of rotatable bonds is 6. The van der Waals surface area contributed by atoms with Crippen LogP contribution < -0.4 is 4.90 Å². The third-order valence-electron chi connectivity index (χ3n) is 5.89. The van der Waals surface area contributed by atoms with Crippen LogP contribution in [0.5, 0.6) is 0 Å². The summed E-state index contributed by atoms with van der Waals surface area (Å²) < 4.78 is 11.1. The van der Waals surface area contributed by atoms with E-state index in [0.717, 1.165) is 69.3 Å². The van der Waals surface area contributed by atoms with Crippen molar-refractivity contribution >= 4 is 18.1 Å². The number of nitrogens with zero attached hydrogens (tertiary/aromatic N) is 2. The smallest absolute Gasteiger partial charge is 0.305 e. The SMILES string of the molecule is COC(=O)CC1CCC(OC2CCN(c3cc(C)c(C=O)cn3)CC2)CC1. The Labute approximate surface area is 161 Å². The maximum atomic E-state index is 11.4. The Morgan fingerprint density at radius 3 is 2.44 bits per heavy atom. The normalized spacial score (nSPS) is 23.9. The van der Waals surface area contributed by atoms with Gasteiger partial charge in [0.05, 0.1) is 19.3 Å². The summed E-state index contributed by atoms with van der Waals surface area (Å²) >= 11 is 0. The number of carbonyl (C=O) groups excluding carboxylic acids is 2. The number of aldehydes is 1. The van der Waals surface area contributed by atoms with Crippen LogP contribution in [0, 0.1) is 12.8 Å². The average Bonchev–Trinajstić information content (AvgIpc) is 2.70. The van der Waals surface area contributed by atoms with E-state index in [-0.39, 0.29) is 5.97 Å². The van der Waals surface area contributed by atoms with Crippen LogP contribution >= 0.6 is 0 Å². The molecular weight excluding hydrogens is 344 g/mol. The second-order valence-electron chi connectivity index (χ2n) is 7.76. The van der Waals surface area contributed by atoms with Gasteiger partial charge in [-0.1, -0.05) is 0 Å². The highest BCUT2D eigenvalue weighted by Crippen LogP contribution is 2.31. The number of aryl methyl sites for hydroxylation is 1. The molecule has 1 aromatic heterocycles. The van der Waals surface area contributed by atoms with Crippen LogP contribution in [0.15, 0.2) is 12.3 Å². The van der Waals surface area contributed by atoms with Gasteiger partial charge in [0, 0.05) is 31.3 Å². The van der Waals surface area contributed by atoms with Crippen molar-refractivity contribution in [2.75, 3.05) is 25.1 Å². The Morgan fingerprint density at radius 2 is 1.85 bits per heavy atom. The molecule has 2 fully saturated rings. The molecule has 6 nitrogen and oxygen atoms in total. The van der Waals surface area contributed by atoms with E-state index in [1.807, 2.05) is 13.0 Å². The first-order chi connectivity index (χ1) is 13.1. The van der Waals surface area contributed by atoms with Crippen molar-refractivity contribution in [1.29, 1.82) is 0 Å². The van der Waals surface area contributed by atoms with Gasteiger partial charge < -0.3 is 14.4 Å². The minimum Gasteiger partial charge on any atom is -0.469 e. The minimum atomic E-state index is -0.100. The predicted octanol–water partition coefficient (Wildman–Crippen LogP) is 3.31. The van der Waals surface area contributed by atoms with Crippen LogP contribution in [0.25, 0.3) is 0 Å². The van der Waals surface area contributed by atoms with Crippen LogP contribution in [-0.2, 0) is 14.3 Å². The highest BCUT2D eigenvalue weighted by molar-refractivity contribution is 5.77. The lowest BCUT2D eigenvalue weighted by molar-refractivity contribution is -0.142. The van der Waals surface area contributed by atoms with Gasteiger partial charge in [0.1, 0.15) is 5.82 Å². The number of aromatic nitrogens is 1. The topological polar surface area (TPSA) is 68.7 Å². The molecule has 0 unspecified atom stereocenters. The fraction of sp³-hybridized carbons (Fsp3) is 0.667. The van der Waals surface area contributed by atoms with E-state index in [9.17, 15) is 9.59 Å². The fourth-order valence-corrected chi connectivity index (χ4v) is 4.13. The standard InChI is InChI=1S/C21H30N2O4/c1-15-11-20(22-13-17(15)14-24)23-9-7-19(8-10-23)27-18-5-3-16(4-6-18)12-21(25)26-2/h11,13-14,16,18-19H,3-10,12H2,1-2H3. The zero-order valence-corrected chi connectivity index (χ0v) is 16.4. The van der Waals surface area contributed by atoms with E-state index in [0.29, 0.717) is 30.1 Å². The van der Waals surface area contributed by atoms with E-state index >= 15 is 0 Å². The van der Waals surface area contributed by atoms with Crippen LogP contribution in [0.3, 0.4) is 0 Å². The maximum Gasteiger partial charge on any atom is 0.305 e. The molecule has 0 amide bonds. The molecule has 1 saturated heterocycles. The van der Waals surface area contributed by atoms with Gasteiger partial charge in [-0.25, -0.2) is 4.98 Å². The van der Waals surface area contributed by atoms with Gasteiger partial charge in [0.2, 0.25) is 0 Å².